The fourth-order valence-electron chi connectivity index (χ4n) is 5.81. The normalized spacial score (nSPS) is 14.9. The number of rotatable bonds is 38. The molecule has 0 aliphatic carbocycles. The van der Waals surface area contributed by atoms with Gasteiger partial charge >= 0.3 is 7.82 Å². The molecule has 310 valence electrons. The number of hydrogen-bond acceptors (Lipinski definition) is 5. The van der Waals surface area contributed by atoms with E-state index < -0.39 is 20.0 Å². The Labute approximate surface area is 327 Å². The van der Waals surface area contributed by atoms with Crippen molar-refractivity contribution in [3.8, 4) is 0 Å². The Morgan fingerprint density at radius 3 is 1.60 bits per heavy atom. The zero-order valence-electron chi connectivity index (χ0n) is 35.0. The highest BCUT2D eigenvalue weighted by molar-refractivity contribution is 7.47. The molecule has 3 unspecified atom stereocenters. The average Bonchev–Trinajstić information content (AvgIpc) is 3.10. The topological polar surface area (TPSA) is 105 Å². The van der Waals surface area contributed by atoms with Gasteiger partial charge in [0.1, 0.15) is 13.2 Å². The van der Waals surface area contributed by atoms with Gasteiger partial charge in [-0.2, -0.15) is 0 Å². The molecule has 0 aromatic carbocycles. The van der Waals surface area contributed by atoms with Crippen LogP contribution in [0.5, 0.6) is 0 Å². The van der Waals surface area contributed by atoms with Crippen LogP contribution in [-0.4, -0.2) is 73.4 Å². The molecule has 0 aliphatic heterocycles. The number of phosphoric ester groups is 1. The number of nitrogens with one attached hydrogen (secondary N) is 1. The lowest BCUT2D eigenvalue weighted by Crippen LogP contribution is -2.45. The highest BCUT2D eigenvalue weighted by atomic mass is 31.2. The molecule has 0 heterocycles. The van der Waals surface area contributed by atoms with Gasteiger partial charge in [-0.25, -0.2) is 4.57 Å². The number of phosphoric acid groups is 1. The second-order valence-corrected chi connectivity index (χ2v) is 17.2. The Morgan fingerprint density at radius 2 is 1.08 bits per heavy atom. The van der Waals surface area contributed by atoms with Crippen LogP contribution >= 0.6 is 7.82 Å². The zero-order valence-corrected chi connectivity index (χ0v) is 35.9. The fraction of sp³-hybridized carbons (Fsp3) is 0.795. The highest BCUT2D eigenvalue weighted by Crippen LogP contribution is 2.43. The van der Waals surface area contributed by atoms with Gasteiger partial charge in [0.2, 0.25) is 5.91 Å². The molecule has 0 aromatic rings. The van der Waals surface area contributed by atoms with E-state index >= 15 is 0 Å². The molecule has 0 fully saturated rings. The number of likely N-dealkylation sites (N-methyl/N-ethyl adjacent to an activating group) is 1. The lowest BCUT2D eigenvalue weighted by molar-refractivity contribution is -0.870. The molecule has 0 saturated carbocycles. The fourth-order valence-corrected chi connectivity index (χ4v) is 6.55. The summed E-state index contributed by atoms with van der Waals surface area (Å²) in [7, 11) is 1.55. The summed E-state index contributed by atoms with van der Waals surface area (Å²) >= 11 is 0. The summed E-state index contributed by atoms with van der Waals surface area (Å²) in [4.78, 5) is 23.1. The van der Waals surface area contributed by atoms with Crippen molar-refractivity contribution in [2.24, 2.45) is 0 Å². The second kappa shape index (κ2) is 36.1. The molecule has 0 spiro atoms. The number of carbonyl (C=O) groups excluding carboxylic acids is 1. The van der Waals surface area contributed by atoms with E-state index in [-0.39, 0.29) is 19.1 Å². The van der Waals surface area contributed by atoms with Gasteiger partial charge in [-0.1, -0.05) is 159 Å². The number of amides is 1. The Kier molecular flexibility index (Phi) is 35.1. The summed E-state index contributed by atoms with van der Waals surface area (Å²) in [6.45, 7) is 4.75. The van der Waals surface area contributed by atoms with Crippen LogP contribution in [0.4, 0.5) is 0 Å². The van der Waals surface area contributed by atoms with Crippen LogP contribution in [0.2, 0.25) is 0 Å². The molecule has 0 aromatic heterocycles. The maximum atomic E-state index is 12.8. The molecule has 0 rings (SSSR count). The van der Waals surface area contributed by atoms with Crippen molar-refractivity contribution >= 4 is 13.7 Å². The van der Waals surface area contributed by atoms with Crippen LogP contribution in [-0.2, 0) is 18.4 Å². The predicted octanol–water partition coefficient (Wildman–Crippen LogP) is 11.7. The lowest BCUT2D eigenvalue weighted by atomic mass is 10.1. The van der Waals surface area contributed by atoms with Crippen molar-refractivity contribution in [3.05, 3.63) is 48.6 Å². The molecule has 3 N–H and O–H groups in total. The molecular weight excluding hydrogens is 683 g/mol. The van der Waals surface area contributed by atoms with Crippen LogP contribution in [0, 0.1) is 0 Å². The van der Waals surface area contributed by atoms with Crippen molar-refractivity contribution in [1.29, 1.82) is 0 Å². The number of carbonyl (C=O) groups is 1. The minimum atomic E-state index is -4.34. The Hall–Kier alpha value is -1.54. The molecule has 0 bridgehead atoms. The first-order chi connectivity index (χ1) is 25.5. The Bertz CT molecular complexity index is 1010. The summed E-state index contributed by atoms with van der Waals surface area (Å²) < 4.78 is 23.5. The minimum Gasteiger partial charge on any atom is -0.387 e. The number of hydrogen-bond donors (Lipinski definition) is 3. The van der Waals surface area contributed by atoms with Gasteiger partial charge < -0.3 is 19.8 Å². The predicted molar refractivity (Wildman–Crippen MR) is 226 cm³/mol. The van der Waals surface area contributed by atoms with Gasteiger partial charge in [0.05, 0.1) is 39.9 Å². The largest absolute Gasteiger partial charge is 0.472 e. The van der Waals surface area contributed by atoms with E-state index in [1.54, 1.807) is 6.08 Å². The second-order valence-electron chi connectivity index (χ2n) is 15.7. The molecule has 9 heteroatoms. The maximum Gasteiger partial charge on any atom is 0.472 e. The first-order valence-corrected chi connectivity index (χ1v) is 23.0. The highest BCUT2D eigenvalue weighted by Gasteiger charge is 2.27. The van der Waals surface area contributed by atoms with Crippen molar-refractivity contribution < 1.29 is 32.9 Å². The molecular formula is C44H84N2O6P+. The van der Waals surface area contributed by atoms with Crippen molar-refractivity contribution in [1.82, 2.24) is 5.32 Å². The van der Waals surface area contributed by atoms with Gasteiger partial charge in [-0.3, -0.25) is 13.8 Å². The van der Waals surface area contributed by atoms with E-state index in [1.807, 2.05) is 27.2 Å². The van der Waals surface area contributed by atoms with Crippen LogP contribution in [0.1, 0.15) is 174 Å². The molecule has 0 aliphatic rings. The Morgan fingerprint density at radius 1 is 0.642 bits per heavy atom. The average molecular weight is 768 g/mol. The number of aliphatic hydroxyl groups excluding tert-OH is 1. The molecule has 1 amide bonds. The lowest BCUT2D eigenvalue weighted by Gasteiger charge is -2.25. The van der Waals surface area contributed by atoms with E-state index in [1.165, 1.54) is 89.9 Å². The van der Waals surface area contributed by atoms with Crippen LogP contribution in [0.3, 0.4) is 0 Å². The third-order valence-corrected chi connectivity index (χ3v) is 10.3. The van der Waals surface area contributed by atoms with Gasteiger partial charge in [-0.15, -0.1) is 0 Å². The number of quaternary nitrogens is 1. The van der Waals surface area contributed by atoms with E-state index in [2.05, 4.69) is 55.6 Å². The van der Waals surface area contributed by atoms with Gasteiger partial charge in [-0.05, 0) is 57.8 Å². The smallest absolute Gasteiger partial charge is 0.387 e. The summed E-state index contributed by atoms with van der Waals surface area (Å²) in [6, 6.07) is -0.852. The third kappa shape index (κ3) is 38.5. The maximum absolute atomic E-state index is 12.8. The van der Waals surface area contributed by atoms with Crippen molar-refractivity contribution in [2.45, 2.75) is 187 Å². The van der Waals surface area contributed by atoms with Crippen LogP contribution in [0.15, 0.2) is 48.6 Å². The monoisotopic (exact) mass is 768 g/mol. The number of nitrogens with zero attached hydrogens (tertiary/aromatic N) is 1. The molecule has 3 atom stereocenters. The Balaban J connectivity index is 4.45. The zero-order chi connectivity index (χ0) is 39.3. The standard InChI is InChI=1S/C44H83N2O6P/c1-6-8-10-12-14-16-18-20-21-22-23-24-25-26-28-30-32-34-36-38-44(48)45-42(41-52-53(49,50)51-40-39-46(3,4)5)43(47)37-35-33-31-29-27-19-17-15-13-11-9-7-2/h14,16,20-21,23-24,35,37,42-43,47H,6-13,15,17-19,22,25-34,36,38-41H2,1-5H3,(H-,45,48,49,50)/p+1/b16-14-,21-20-,24-23-,37-35+. The van der Waals surface area contributed by atoms with Gasteiger partial charge in [0.15, 0.2) is 0 Å². The molecule has 53 heavy (non-hydrogen) atoms. The quantitative estimate of drug-likeness (QED) is 0.0250. The summed E-state index contributed by atoms with van der Waals surface area (Å²) in [5.41, 5.74) is 0. The first kappa shape index (κ1) is 51.5. The molecule has 0 radical (unpaired) electrons. The molecule has 8 nitrogen and oxygen atoms in total. The van der Waals surface area contributed by atoms with Gasteiger partial charge in [0, 0.05) is 6.42 Å². The third-order valence-electron chi connectivity index (χ3n) is 9.29. The van der Waals surface area contributed by atoms with Gasteiger partial charge in [0.25, 0.3) is 0 Å². The van der Waals surface area contributed by atoms with E-state index in [0.717, 1.165) is 64.2 Å². The van der Waals surface area contributed by atoms with E-state index in [9.17, 15) is 19.4 Å². The minimum absolute atomic E-state index is 0.0570. The summed E-state index contributed by atoms with van der Waals surface area (Å²) in [6.07, 6.45) is 44.5. The summed E-state index contributed by atoms with van der Waals surface area (Å²) in [5, 5.41) is 13.8. The van der Waals surface area contributed by atoms with E-state index in [4.69, 9.17) is 9.05 Å². The van der Waals surface area contributed by atoms with Crippen LogP contribution in [0.25, 0.3) is 0 Å². The SMILES string of the molecule is CCCCC/C=C\C/C=C\C/C=C\CCCCCCCCC(=O)NC(COP(=O)(O)OCC[N+](C)(C)C)C(O)/C=C/CCCCCCCCCCCC. The van der Waals surface area contributed by atoms with Crippen molar-refractivity contribution in [3.63, 3.8) is 0 Å². The first-order valence-electron chi connectivity index (χ1n) is 21.5. The van der Waals surface area contributed by atoms with Crippen molar-refractivity contribution in [2.75, 3.05) is 40.9 Å². The summed E-state index contributed by atoms with van der Waals surface area (Å²) in [5.74, 6) is -0.193. The number of allylic oxidation sites excluding steroid dienone is 7. The van der Waals surface area contributed by atoms with E-state index in [0.29, 0.717) is 17.4 Å². The number of aliphatic hydroxyl groups is 1. The molecule has 0 saturated heterocycles. The number of unbranched alkanes of at least 4 members (excludes halogenated alkanes) is 19. The van der Waals surface area contributed by atoms with Crippen LogP contribution < -0.4 is 5.32 Å².